The smallest absolute Gasteiger partial charge is 0.308 e. The molecule has 1 aromatic rings. The lowest BCUT2D eigenvalue weighted by Crippen LogP contribution is -2.46. The zero-order chi connectivity index (χ0) is 14.9. The second kappa shape index (κ2) is 5.59. The Morgan fingerprint density at radius 3 is 2.80 bits per heavy atom. The lowest BCUT2D eigenvalue weighted by atomic mass is 10.1. The van der Waals surface area contributed by atoms with Gasteiger partial charge in [0.2, 0.25) is 0 Å². The second-order valence-corrected chi connectivity index (χ2v) is 5.14. The molecule has 4 N–H and O–H groups in total. The van der Waals surface area contributed by atoms with E-state index < -0.39 is 17.9 Å². The van der Waals surface area contributed by atoms with Crippen molar-refractivity contribution in [2.24, 2.45) is 0 Å². The topological polar surface area (TPSA) is 116 Å². The Balaban J connectivity index is 2.34. The molecule has 0 aliphatic carbocycles. The Kier molecular flexibility index (Phi) is 4.05. The number of nitrogens with zero attached hydrogens (tertiary/aromatic N) is 3. The van der Waals surface area contributed by atoms with Crippen LogP contribution in [0.1, 0.15) is 17.4 Å². The first kappa shape index (κ1) is 14.5. The van der Waals surface area contributed by atoms with Crippen molar-refractivity contribution in [3.63, 3.8) is 0 Å². The van der Waals surface area contributed by atoms with Gasteiger partial charge >= 0.3 is 5.97 Å². The number of carboxylic acid groups (broad SMARTS) is 1. The molecular formula is C12H19N5O3. The number of aromatic nitrogens is 2. The van der Waals surface area contributed by atoms with Crippen molar-refractivity contribution >= 4 is 11.8 Å². The van der Waals surface area contributed by atoms with Crippen LogP contribution in [-0.2, 0) is 11.2 Å². The fourth-order valence-electron chi connectivity index (χ4n) is 2.32. The Morgan fingerprint density at radius 1 is 1.50 bits per heavy atom. The summed E-state index contributed by atoms with van der Waals surface area (Å²) in [5, 5.41) is 8.76. The number of carbonyl (C=O) groups is 1. The van der Waals surface area contributed by atoms with Gasteiger partial charge in [-0.05, 0) is 14.1 Å². The van der Waals surface area contributed by atoms with Crippen LogP contribution in [0.15, 0.2) is 4.79 Å². The average Bonchev–Trinajstić information content (AvgIpc) is 2.36. The number of rotatable bonds is 3. The molecule has 1 aliphatic rings. The number of nitrogens with one attached hydrogen (secondary N) is 1. The molecule has 0 radical (unpaired) electrons. The number of aromatic amines is 1. The highest BCUT2D eigenvalue weighted by Crippen LogP contribution is 2.20. The van der Waals surface area contributed by atoms with E-state index in [4.69, 9.17) is 10.8 Å². The number of H-pyrrole nitrogens is 1. The first-order chi connectivity index (χ1) is 9.38. The summed E-state index contributed by atoms with van der Waals surface area (Å²) in [5.74, 6) is -0.630. The zero-order valence-corrected chi connectivity index (χ0v) is 11.6. The fraction of sp³-hybridized carbons (Fsp3) is 0.583. The third kappa shape index (κ3) is 2.97. The number of nitrogen functional groups attached to an aromatic ring is 1. The summed E-state index contributed by atoms with van der Waals surface area (Å²) in [7, 11) is 3.96. The third-order valence-electron chi connectivity index (χ3n) is 3.56. The molecular weight excluding hydrogens is 262 g/mol. The van der Waals surface area contributed by atoms with Crippen molar-refractivity contribution < 1.29 is 9.90 Å². The molecule has 20 heavy (non-hydrogen) atoms. The maximum atomic E-state index is 12.0. The van der Waals surface area contributed by atoms with Crippen LogP contribution in [0.2, 0.25) is 0 Å². The summed E-state index contributed by atoms with van der Waals surface area (Å²) >= 11 is 0. The minimum Gasteiger partial charge on any atom is -0.481 e. The number of hydrogen-bond donors (Lipinski definition) is 3. The largest absolute Gasteiger partial charge is 0.481 e. The molecule has 1 unspecified atom stereocenters. The SMILES string of the molecule is CN1CCN(C)C(c2nc(N)c(CC(=O)O)c(=O)[nH]2)C1. The van der Waals surface area contributed by atoms with E-state index in [1.807, 2.05) is 14.1 Å². The number of aliphatic carboxylic acids is 1. The molecule has 2 rings (SSSR count). The lowest BCUT2D eigenvalue weighted by Gasteiger charge is -2.36. The Morgan fingerprint density at radius 2 is 2.20 bits per heavy atom. The number of likely N-dealkylation sites (N-methyl/N-ethyl adjacent to an activating group) is 2. The quantitative estimate of drug-likeness (QED) is 0.644. The zero-order valence-electron chi connectivity index (χ0n) is 11.6. The molecule has 0 saturated carbocycles. The monoisotopic (exact) mass is 281 g/mol. The van der Waals surface area contributed by atoms with Gasteiger partial charge in [-0.25, -0.2) is 4.98 Å². The predicted molar refractivity (Wildman–Crippen MR) is 73.5 cm³/mol. The number of piperazine rings is 1. The van der Waals surface area contributed by atoms with E-state index in [0.717, 1.165) is 19.6 Å². The van der Waals surface area contributed by atoms with E-state index in [-0.39, 0.29) is 17.4 Å². The van der Waals surface area contributed by atoms with E-state index in [0.29, 0.717) is 5.82 Å². The summed E-state index contributed by atoms with van der Waals surface area (Å²) in [4.78, 5) is 33.7. The predicted octanol–water partition coefficient (Wildman–Crippen LogP) is -1.10. The minimum atomic E-state index is -1.11. The normalized spacial score (nSPS) is 21.0. The second-order valence-electron chi connectivity index (χ2n) is 5.14. The number of hydrogen-bond acceptors (Lipinski definition) is 6. The van der Waals surface area contributed by atoms with Crippen molar-refractivity contribution in [1.82, 2.24) is 19.8 Å². The van der Waals surface area contributed by atoms with Gasteiger partial charge in [0.25, 0.3) is 5.56 Å². The Labute approximate surface area is 116 Å². The van der Waals surface area contributed by atoms with Gasteiger partial charge in [0.05, 0.1) is 18.0 Å². The van der Waals surface area contributed by atoms with Crippen LogP contribution in [0.5, 0.6) is 0 Å². The lowest BCUT2D eigenvalue weighted by molar-refractivity contribution is -0.136. The highest BCUT2D eigenvalue weighted by Gasteiger charge is 2.26. The van der Waals surface area contributed by atoms with Gasteiger partial charge in [0.1, 0.15) is 11.6 Å². The molecule has 1 fully saturated rings. The maximum Gasteiger partial charge on any atom is 0.308 e. The average molecular weight is 281 g/mol. The van der Waals surface area contributed by atoms with E-state index in [1.54, 1.807) is 0 Å². The third-order valence-corrected chi connectivity index (χ3v) is 3.56. The molecule has 110 valence electrons. The standard InChI is InChI=1S/C12H19N5O3/c1-16-3-4-17(2)8(6-16)11-14-10(13)7(5-9(18)19)12(20)15-11/h8H,3-6H2,1-2H3,(H,18,19)(H3,13,14,15,20). The molecule has 8 heteroatoms. The van der Waals surface area contributed by atoms with Crippen molar-refractivity contribution in [2.75, 3.05) is 39.5 Å². The first-order valence-electron chi connectivity index (χ1n) is 6.37. The van der Waals surface area contributed by atoms with Crippen molar-refractivity contribution in [3.8, 4) is 0 Å². The highest BCUT2D eigenvalue weighted by atomic mass is 16.4. The summed E-state index contributed by atoms with van der Waals surface area (Å²) in [5.41, 5.74) is 5.26. The first-order valence-corrected chi connectivity index (χ1v) is 6.37. The highest BCUT2D eigenvalue weighted by molar-refractivity contribution is 5.71. The van der Waals surface area contributed by atoms with Crippen LogP contribution in [0, 0.1) is 0 Å². The number of nitrogens with two attached hydrogens (primary N) is 1. The van der Waals surface area contributed by atoms with Crippen LogP contribution in [0.25, 0.3) is 0 Å². The van der Waals surface area contributed by atoms with E-state index in [2.05, 4.69) is 19.8 Å². The Hall–Kier alpha value is -1.93. The molecule has 1 aromatic heterocycles. The number of anilines is 1. The summed E-state index contributed by atoms with van der Waals surface area (Å²) < 4.78 is 0. The Bertz CT molecular complexity index is 571. The van der Waals surface area contributed by atoms with Gasteiger partial charge in [-0.15, -0.1) is 0 Å². The van der Waals surface area contributed by atoms with Crippen LogP contribution < -0.4 is 11.3 Å². The van der Waals surface area contributed by atoms with Crippen molar-refractivity contribution in [1.29, 1.82) is 0 Å². The summed E-state index contributed by atoms with van der Waals surface area (Å²) in [6.07, 6.45) is -0.422. The van der Waals surface area contributed by atoms with Crippen LogP contribution in [0.3, 0.4) is 0 Å². The van der Waals surface area contributed by atoms with Gasteiger partial charge in [-0.1, -0.05) is 0 Å². The van der Waals surface area contributed by atoms with E-state index >= 15 is 0 Å². The van der Waals surface area contributed by atoms with Gasteiger partial charge in [0, 0.05) is 19.6 Å². The molecule has 0 amide bonds. The molecule has 0 bridgehead atoms. The van der Waals surface area contributed by atoms with Crippen molar-refractivity contribution in [2.45, 2.75) is 12.5 Å². The fourth-order valence-corrected chi connectivity index (χ4v) is 2.32. The molecule has 1 atom stereocenters. The van der Waals surface area contributed by atoms with E-state index in [9.17, 15) is 9.59 Å². The molecule has 0 spiro atoms. The minimum absolute atomic E-state index is 0.00669. The van der Waals surface area contributed by atoms with Crippen LogP contribution in [0.4, 0.5) is 5.82 Å². The summed E-state index contributed by atoms with van der Waals surface area (Å²) in [6, 6.07) is -0.0531. The van der Waals surface area contributed by atoms with Gasteiger partial charge < -0.3 is 20.7 Å². The maximum absolute atomic E-state index is 12.0. The molecule has 1 aliphatic heterocycles. The summed E-state index contributed by atoms with van der Waals surface area (Å²) in [6.45, 7) is 2.54. The van der Waals surface area contributed by atoms with Crippen molar-refractivity contribution in [3.05, 3.63) is 21.7 Å². The molecule has 2 heterocycles. The number of carboxylic acids is 1. The van der Waals surface area contributed by atoms with Gasteiger partial charge in [-0.2, -0.15) is 0 Å². The molecule has 1 saturated heterocycles. The molecule has 8 nitrogen and oxygen atoms in total. The van der Waals surface area contributed by atoms with E-state index in [1.165, 1.54) is 0 Å². The van der Waals surface area contributed by atoms with Crippen LogP contribution >= 0.6 is 0 Å². The van der Waals surface area contributed by atoms with Gasteiger partial charge in [0.15, 0.2) is 0 Å². The van der Waals surface area contributed by atoms with Crippen LogP contribution in [-0.4, -0.2) is 64.6 Å². The van der Waals surface area contributed by atoms with Gasteiger partial charge in [-0.3, -0.25) is 14.5 Å². The molecule has 0 aromatic carbocycles.